The molecule has 2 aliphatic rings. The standard InChI is InChI=1S/C14H19N3OS/c1-9-8-19-6-5-17(9)10-3-4-11-12(7-10)16(2)14(18)13(11)15/h3-4,7,9,13H,5-6,8,15H2,1-2H3. The van der Waals surface area contributed by atoms with Crippen LogP contribution in [0.5, 0.6) is 0 Å². The van der Waals surface area contributed by atoms with Crippen LogP contribution in [-0.4, -0.2) is 37.0 Å². The number of amides is 1. The van der Waals surface area contributed by atoms with Gasteiger partial charge in [0.05, 0.1) is 5.69 Å². The molecule has 0 aromatic heterocycles. The number of hydrogen-bond acceptors (Lipinski definition) is 4. The van der Waals surface area contributed by atoms with Crippen molar-refractivity contribution in [2.75, 3.05) is 34.9 Å². The number of fused-ring (bicyclic) bond motifs is 1. The fourth-order valence-corrected chi connectivity index (χ4v) is 3.85. The highest BCUT2D eigenvalue weighted by atomic mass is 32.2. The zero-order valence-electron chi connectivity index (χ0n) is 11.3. The van der Waals surface area contributed by atoms with Crippen LogP contribution >= 0.6 is 11.8 Å². The lowest BCUT2D eigenvalue weighted by Gasteiger charge is -2.35. The minimum Gasteiger partial charge on any atom is -0.367 e. The second-order valence-corrected chi connectivity index (χ2v) is 6.39. The summed E-state index contributed by atoms with van der Waals surface area (Å²) in [6.07, 6.45) is 0. The highest BCUT2D eigenvalue weighted by Crippen LogP contribution is 2.37. The van der Waals surface area contributed by atoms with E-state index < -0.39 is 6.04 Å². The Morgan fingerprint density at radius 1 is 1.42 bits per heavy atom. The Balaban J connectivity index is 1.96. The maximum Gasteiger partial charge on any atom is 0.248 e. The molecule has 4 nitrogen and oxygen atoms in total. The van der Waals surface area contributed by atoms with E-state index in [1.165, 1.54) is 5.69 Å². The number of thioether (sulfide) groups is 1. The van der Waals surface area contributed by atoms with E-state index in [9.17, 15) is 4.79 Å². The van der Waals surface area contributed by atoms with E-state index in [-0.39, 0.29) is 5.91 Å². The Labute approximate surface area is 117 Å². The molecule has 2 aliphatic heterocycles. The van der Waals surface area contributed by atoms with Crippen LogP contribution in [0.1, 0.15) is 18.5 Å². The highest BCUT2D eigenvalue weighted by molar-refractivity contribution is 7.99. The van der Waals surface area contributed by atoms with Crippen LogP contribution in [0.4, 0.5) is 11.4 Å². The molecule has 1 aromatic carbocycles. The van der Waals surface area contributed by atoms with Gasteiger partial charge in [-0.1, -0.05) is 6.07 Å². The molecule has 0 bridgehead atoms. The van der Waals surface area contributed by atoms with Crippen molar-refractivity contribution in [3.63, 3.8) is 0 Å². The molecule has 0 radical (unpaired) electrons. The average Bonchev–Trinajstić information content (AvgIpc) is 2.64. The van der Waals surface area contributed by atoms with Crippen molar-refractivity contribution < 1.29 is 4.79 Å². The molecule has 0 spiro atoms. The van der Waals surface area contributed by atoms with Crippen LogP contribution in [0.3, 0.4) is 0 Å². The summed E-state index contributed by atoms with van der Waals surface area (Å²) in [6.45, 7) is 3.31. The minimum absolute atomic E-state index is 0.0191. The minimum atomic E-state index is -0.497. The summed E-state index contributed by atoms with van der Waals surface area (Å²) in [7, 11) is 1.80. The summed E-state index contributed by atoms with van der Waals surface area (Å²) in [5.41, 5.74) is 9.02. The van der Waals surface area contributed by atoms with E-state index in [0.717, 1.165) is 29.3 Å². The van der Waals surface area contributed by atoms with Crippen LogP contribution < -0.4 is 15.5 Å². The Morgan fingerprint density at radius 3 is 2.95 bits per heavy atom. The Morgan fingerprint density at radius 2 is 2.21 bits per heavy atom. The third-order valence-electron chi connectivity index (χ3n) is 4.01. The number of nitrogens with two attached hydrogens (primary N) is 1. The van der Waals surface area contributed by atoms with Crippen molar-refractivity contribution in [2.24, 2.45) is 5.73 Å². The molecule has 0 aliphatic carbocycles. The number of anilines is 2. The molecule has 2 atom stereocenters. The van der Waals surface area contributed by atoms with E-state index in [1.54, 1.807) is 11.9 Å². The largest absolute Gasteiger partial charge is 0.367 e. The number of carbonyl (C=O) groups excluding carboxylic acids is 1. The molecule has 5 heteroatoms. The zero-order chi connectivity index (χ0) is 13.6. The second kappa shape index (κ2) is 4.72. The van der Waals surface area contributed by atoms with Gasteiger partial charge in [-0.05, 0) is 19.1 Å². The lowest BCUT2D eigenvalue weighted by atomic mass is 10.1. The molecule has 1 fully saturated rings. The van der Waals surface area contributed by atoms with Gasteiger partial charge in [-0.25, -0.2) is 0 Å². The molecule has 0 saturated carbocycles. The van der Waals surface area contributed by atoms with Crippen LogP contribution in [0, 0.1) is 0 Å². The zero-order valence-corrected chi connectivity index (χ0v) is 12.1. The van der Waals surface area contributed by atoms with Crippen molar-refractivity contribution in [3.05, 3.63) is 23.8 Å². The Hall–Kier alpha value is -1.20. The monoisotopic (exact) mass is 277 g/mol. The molecule has 3 rings (SSSR count). The first-order valence-corrected chi connectivity index (χ1v) is 7.76. The second-order valence-electron chi connectivity index (χ2n) is 5.24. The molecule has 1 amide bonds. The quantitative estimate of drug-likeness (QED) is 0.847. The van der Waals surface area contributed by atoms with Gasteiger partial charge in [0.15, 0.2) is 0 Å². The molecule has 2 heterocycles. The number of likely N-dealkylation sites (N-methyl/N-ethyl adjacent to an activating group) is 1. The van der Waals surface area contributed by atoms with Gasteiger partial charge < -0.3 is 15.5 Å². The maximum absolute atomic E-state index is 11.9. The topological polar surface area (TPSA) is 49.6 Å². The van der Waals surface area contributed by atoms with Gasteiger partial charge >= 0.3 is 0 Å². The fourth-order valence-electron chi connectivity index (χ4n) is 2.84. The molecule has 19 heavy (non-hydrogen) atoms. The van der Waals surface area contributed by atoms with Crippen molar-refractivity contribution in [1.29, 1.82) is 0 Å². The number of nitrogens with zero attached hydrogens (tertiary/aromatic N) is 2. The normalized spacial score (nSPS) is 26.8. The molecule has 102 valence electrons. The number of rotatable bonds is 1. The predicted octanol–water partition coefficient (Wildman–Crippen LogP) is 1.60. The van der Waals surface area contributed by atoms with E-state index in [0.29, 0.717) is 6.04 Å². The van der Waals surface area contributed by atoms with Crippen LogP contribution in [0.15, 0.2) is 18.2 Å². The molecular weight excluding hydrogens is 258 g/mol. The molecule has 2 unspecified atom stereocenters. The van der Waals surface area contributed by atoms with Gasteiger partial charge in [-0.15, -0.1) is 0 Å². The number of benzene rings is 1. The van der Waals surface area contributed by atoms with E-state index >= 15 is 0 Å². The van der Waals surface area contributed by atoms with Gasteiger partial charge in [-0.3, -0.25) is 4.79 Å². The van der Waals surface area contributed by atoms with E-state index in [1.807, 2.05) is 17.8 Å². The highest BCUT2D eigenvalue weighted by Gasteiger charge is 2.33. The Kier molecular flexibility index (Phi) is 3.19. The number of hydrogen-bond donors (Lipinski definition) is 1. The summed E-state index contributed by atoms with van der Waals surface area (Å²) < 4.78 is 0. The van der Waals surface area contributed by atoms with Gasteiger partial charge in [-0.2, -0.15) is 11.8 Å². The van der Waals surface area contributed by atoms with Crippen molar-refractivity contribution in [3.8, 4) is 0 Å². The average molecular weight is 277 g/mol. The van der Waals surface area contributed by atoms with Crippen LogP contribution in [-0.2, 0) is 4.79 Å². The third kappa shape index (κ3) is 2.01. The lowest BCUT2D eigenvalue weighted by Crippen LogP contribution is -2.40. The van der Waals surface area contributed by atoms with E-state index in [2.05, 4.69) is 24.0 Å². The van der Waals surface area contributed by atoms with Crippen molar-refractivity contribution in [1.82, 2.24) is 0 Å². The first-order chi connectivity index (χ1) is 9.09. The maximum atomic E-state index is 11.9. The fraction of sp³-hybridized carbons (Fsp3) is 0.500. The lowest BCUT2D eigenvalue weighted by molar-refractivity contribution is -0.118. The molecular formula is C14H19N3OS. The summed E-state index contributed by atoms with van der Waals surface area (Å²) in [5, 5.41) is 0. The van der Waals surface area contributed by atoms with Crippen LogP contribution in [0.2, 0.25) is 0 Å². The van der Waals surface area contributed by atoms with Gasteiger partial charge in [0.25, 0.3) is 0 Å². The van der Waals surface area contributed by atoms with Gasteiger partial charge in [0, 0.05) is 42.4 Å². The van der Waals surface area contributed by atoms with Crippen LogP contribution in [0.25, 0.3) is 0 Å². The summed E-state index contributed by atoms with van der Waals surface area (Å²) >= 11 is 2.00. The molecule has 1 aromatic rings. The van der Waals surface area contributed by atoms with Gasteiger partial charge in [0.1, 0.15) is 6.04 Å². The summed E-state index contributed by atoms with van der Waals surface area (Å²) in [5.74, 6) is 2.30. The first kappa shape index (κ1) is 12.8. The SMILES string of the molecule is CC1CSCCN1c1ccc2c(c1)N(C)C(=O)C2N. The molecule has 1 saturated heterocycles. The Bertz CT molecular complexity index is 519. The molecule has 2 N–H and O–H groups in total. The smallest absolute Gasteiger partial charge is 0.248 e. The predicted molar refractivity (Wildman–Crippen MR) is 80.9 cm³/mol. The summed E-state index contributed by atoms with van der Waals surface area (Å²) in [6, 6.07) is 6.24. The van der Waals surface area contributed by atoms with Crippen molar-refractivity contribution >= 4 is 29.0 Å². The van der Waals surface area contributed by atoms with E-state index in [4.69, 9.17) is 5.73 Å². The third-order valence-corrected chi connectivity index (χ3v) is 5.20. The first-order valence-electron chi connectivity index (χ1n) is 6.61. The number of carbonyl (C=O) groups is 1. The van der Waals surface area contributed by atoms with Gasteiger partial charge in [0.2, 0.25) is 5.91 Å². The summed E-state index contributed by atoms with van der Waals surface area (Å²) in [4.78, 5) is 16.0. The van der Waals surface area contributed by atoms with Crippen molar-refractivity contribution in [2.45, 2.75) is 19.0 Å².